The van der Waals surface area contributed by atoms with Crippen LogP contribution in [0.1, 0.15) is 37.3 Å². The molecular weight excluding hydrogens is 366 g/mol. The zero-order valence-electron chi connectivity index (χ0n) is 16.4. The highest BCUT2D eigenvalue weighted by molar-refractivity contribution is 5.90. The maximum atomic E-state index is 12.5. The van der Waals surface area contributed by atoms with Gasteiger partial charge in [-0.1, -0.05) is 19.8 Å². The lowest BCUT2D eigenvalue weighted by Crippen LogP contribution is -2.48. The number of aryl methyl sites for hydroxylation is 1. The Hall–Kier alpha value is -3.03. The second-order valence-electron chi connectivity index (χ2n) is 6.43. The largest absolute Gasteiger partial charge is 0.548 e. The van der Waals surface area contributed by atoms with Crippen molar-refractivity contribution in [3.8, 4) is 11.5 Å². The van der Waals surface area contributed by atoms with Gasteiger partial charge in [0.2, 0.25) is 11.7 Å². The highest BCUT2D eigenvalue weighted by Crippen LogP contribution is 2.36. The molecular formula is C20H24NO7-. The Labute approximate surface area is 162 Å². The van der Waals surface area contributed by atoms with Gasteiger partial charge in [0.15, 0.2) is 11.3 Å². The van der Waals surface area contributed by atoms with Crippen LogP contribution in [0.15, 0.2) is 21.3 Å². The monoisotopic (exact) mass is 390 g/mol. The van der Waals surface area contributed by atoms with Gasteiger partial charge in [0, 0.05) is 5.39 Å². The van der Waals surface area contributed by atoms with Gasteiger partial charge in [-0.15, -0.1) is 0 Å². The van der Waals surface area contributed by atoms with E-state index in [1.54, 1.807) is 19.1 Å². The molecule has 0 saturated heterocycles. The number of unbranched alkanes of at least 4 members (excludes halogenated alkanes) is 1. The number of carbonyl (C=O) groups is 2. The van der Waals surface area contributed by atoms with Gasteiger partial charge in [-0.2, -0.15) is 0 Å². The lowest BCUT2D eigenvalue weighted by molar-refractivity contribution is -0.308. The van der Waals surface area contributed by atoms with Crippen molar-refractivity contribution in [1.29, 1.82) is 0 Å². The number of carboxylic acids is 1. The summed E-state index contributed by atoms with van der Waals surface area (Å²) < 4.78 is 15.9. The number of aliphatic carboxylic acids is 1. The quantitative estimate of drug-likeness (QED) is 0.637. The second-order valence-corrected chi connectivity index (χ2v) is 6.43. The first kappa shape index (κ1) is 21.3. The van der Waals surface area contributed by atoms with Crippen molar-refractivity contribution in [3.05, 3.63) is 33.7 Å². The molecule has 0 saturated carbocycles. The summed E-state index contributed by atoms with van der Waals surface area (Å²) >= 11 is 0. The van der Waals surface area contributed by atoms with Crippen molar-refractivity contribution < 1.29 is 28.6 Å². The van der Waals surface area contributed by atoms with Crippen LogP contribution in [-0.4, -0.2) is 32.1 Å². The molecule has 152 valence electrons. The predicted molar refractivity (Wildman–Crippen MR) is 100 cm³/mol. The van der Waals surface area contributed by atoms with E-state index in [0.29, 0.717) is 23.1 Å². The number of ether oxygens (including phenoxy) is 2. The first-order valence-electron chi connectivity index (χ1n) is 9.01. The van der Waals surface area contributed by atoms with Crippen LogP contribution in [0.4, 0.5) is 0 Å². The molecule has 0 spiro atoms. The van der Waals surface area contributed by atoms with E-state index in [4.69, 9.17) is 13.9 Å². The van der Waals surface area contributed by atoms with Crippen molar-refractivity contribution in [2.24, 2.45) is 0 Å². The van der Waals surface area contributed by atoms with Crippen LogP contribution in [0.2, 0.25) is 0 Å². The predicted octanol–water partition coefficient (Wildman–Crippen LogP) is 1.09. The Bertz CT molecular complexity index is 932. The van der Waals surface area contributed by atoms with Gasteiger partial charge in [0.05, 0.1) is 38.2 Å². The van der Waals surface area contributed by atoms with Gasteiger partial charge in [0.1, 0.15) is 0 Å². The van der Waals surface area contributed by atoms with Crippen LogP contribution in [0.25, 0.3) is 11.0 Å². The summed E-state index contributed by atoms with van der Waals surface area (Å²) in [5.74, 6) is -1.23. The van der Waals surface area contributed by atoms with E-state index in [-0.39, 0.29) is 29.7 Å². The summed E-state index contributed by atoms with van der Waals surface area (Å²) in [5.41, 5.74) is 0.250. The lowest BCUT2D eigenvalue weighted by atomic mass is 10.0. The van der Waals surface area contributed by atoms with Gasteiger partial charge >= 0.3 is 5.63 Å². The van der Waals surface area contributed by atoms with E-state index in [9.17, 15) is 19.5 Å². The van der Waals surface area contributed by atoms with Crippen LogP contribution in [0, 0.1) is 6.92 Å². The van der Waals surface area contributed by atoms with Crippen LogP contribution in [0.3, 0.4) is 0 Å². The van der Waals surface area contributed by atoms with Crippen molar-refractivity contribution in [2.45, 2.75) is 45.6 Å². The minimum atomic E-state index is -1.35. The number of benzene rings is 1. The molecule has 0 fully saturated rings. The second kappa shape index (κ2) is 9.25. The minimum Gasteiger partial charge on any atom is -0.548 e. The Kier molecular flexibility index (Phi) is 7.03. The van der Waals surface area contributed by atoms with Crippen molar-refractivity contribution in [3.63, 3.8) is 0 Å². The molecule has 1 aromatic carbocycles. The fourth-order valence-electron chi connectivity index (χ4n) is 3.03. The Morgan fingerprint density at radius 2 is 1.96 bits per heavy atom. The van der Waals surface area contributed by atoms with Gasteiger partial charge in [-0.25, -0.2) is 4.79 Å². The topological polar surface area (TPSA) is 118 Å². The molecule has 0 bridgehead atoms. The summed E-state index contributed by atoms with van der Waals surface area (Å²) in [6.45, 7) is 3.61. The van der Waals surface area contributed by atoms with E-state index >= 15 is 0 Å². The van der Waals surface area contributed by atoms with E-state index in [0.717, 1.165) is 6.42 Å². The molecule has 1 amide bonds. The van der Waals surface area contributed by atoms with Crippen molar-refractivity contribution in [2.75, 3.05) is 14.2 Å². The number of hydrogen-bond acceptors (Lipinski definition) is 7. The molecule has 0 aliphatic carbocycles. The van der Waals surface area contributed by atoms with Crippen LogP contribution >= 0.6 is 0 Å². The molecule has 1 N–H and O–H groups in total. The molecule has 0 aliphatic heterocycles. The number of carbonyl (C=O) groups excluding carboxylic acids is 2. The van der Waals surface area contributed by atoms with Crippen LogP contribution in [-0.2, 0) is 16.0 Å². The summed E-state index contributed by atoms with van der Waals surface area (Å²) in [5, 5.41) is 14.2. The molecule has 8 heteroatoms. The maximum Gasteiger partial charge on any atom is 0.340 e. The van der Waals surface area contributed by atoms with Crippen LogP contribution < -0.4 is 25.5 Å². The van der Waals surface area contributed by atoms with Gasteiger partial charge < -0.3 is 29.1 Å². The standard InChI is InChI=1S/C20H25NO7/c1-5-6-7-14(19(23)24)21-16(22)10-13-11(2)12-8-9-15(26-3)18(27-4)17(12)28-20(13)25/h8-9,14H,5-7,10H2,1-4H3,(H,21,22)(H,23,24)/p-1/t14-/m0/s1. The molecule has 1 heterocycles. The minimum absolute atomic E-state index is 0.157. The molecule has 2 aromatic rings. The summed E-state index contributed by atoms with van der Waals surface area (Å²) in [6, 6.07) is 2.29. The Balaban J connectivity index is 2.36. The van der Waals surface area contributed by atoms with E-state index in [1.165, 1.54) is 14.2 Å². The number of amides is 1. The van der Waals surface area contributed by atoms with Crippen LogP contribution in [0.5, 0.6) is 11.5 Å². The van der Waals surface area contributed by atoms with Crippen molar-refractivity contribution >= 4 is 22.8 Å². The third kappa shape index (κ3) is 4.44. The average molecular weight is 390 g/mol. The van der Waals surface area contributed by atoms with Gasteiger partial charge in [-0.3, -0.25) is 4.79 Å². The fourth-order valence-corrected chi connectivity index (χ4v) is 3.03. The first-order chi connectivity index (χ1) is 13.3. The molecule has 1 atom stereocenters. The van der Waals surface area contributed by atoms with E-state index in [2.05, 4.69) is 5.32 Å². The molecule has 28 heavy (non-hydrogen) atoms. The zero-order valence-corrected chi connectivity index (χ0v) is 16.4. The zero-order chi connectivity index (χ0) is 20.8. The van der Waals surface area contributed by atoms with Crippen molar-refractivity contribution in [1.82, 2.24) is 5.32 Å². The SMILES string of the molecule is CCCC[C@H](NC(=O)Cc1c(C)c2ccc(OC)c(OC)c2oc1=O)C(=O)[O-]. The number of rotatable bonds is 9. The summed E-state index contributed by atoms with van der Waals surface area (Å²) in [7, 11) is 2.91. The first-order valence-corrected chi connectivity index (χ1v) is 9.01. The lowest BCUT2D eigenvalue weighted by Gasteiger charge is -2.19. The van der Waals surface area contributed by atoms with Gasteiger partial charge in [-0.05, 0) is 31.0 Å². The fraction of sp³-hybridized carbons (Fsp3) is 0.450. The molecule has 8 nitrogen and oxygen atoms in total. The molecule has 0 aliphatic rings. The average Bonchev–Trinajstić information content (AvgIpc) is 2.67. The smallest absolute Gasteiger partial charge is 0.340 e. The normalized spacial score (nSPS) is 11.9. The molecule has 0 radical (unpaired) electrons. The highest BCUT2D eigenvalue weighted by Gasteiger charge is 2.21. The van der Waals surface area contributed by atoms with Gasteiger partial charge in [0.25, 0.3) is 0 Å². The van der Waals surface area contributed by atoms with E-state index in [1.807, 2.05) is 6.92 Å². The Morgan fingerprint density at radius 1 is 1.25 bits per heavy atom. The molecule has 0 unspecified atom stereocenters. The number of fused-ring (bicyclic) bond motifs is 1. The highest BCUT2D eigenvalue weighted by atomic mass is 16.5. The van der Waals surface area contributed by atoms with E-state index < -0.39 is 23.5 Å². The number of nitrogens with one attached hydrogen (secondary N) is 1. The molecule has 2 rings (SSSR count). The number of methoxy groups -OCH3 is 2. The number of carboxylic acid groups (broad SMARTS) is 1. The maximum absolute atomic E-state index is 12.5. The third-order valence-corrected chi connectivity index (χ3v) is 4.60. The summed E-state index contributed by atoms with van der Waals surface area (Å²) in [6.07, 6.45) is 1.40. The Morgan fingerprint density at radius 3 is 2.54 bits per heavy atom. The third-order valence-electron chi connectivity index (χ3n) is 4.60. The molecule has 1 aromatic heterocycles. The summed E-state index contributed by atoms with van der Waals surface area (Å²) in [4.78, 5) is 36.0. The number of hydrogen-bond donors (Lipinski definition) is 1.